The van der Waals surface area contributed by atoms with Gasteiger partial charge < -0.3 is 19.1 Å². The minimum absolute atomic E-state index is 0.125. The summed E-state index contributed by atoms with van der Waals surface area (Å²) in [7, 11) is 0. The van der Waals surface area contributed by atoms with E-state index < -0.39 is 0 Å². The van der Waals surface area contributed by atoms with E-state index in [1.807, 2.05) is 49.4 Å². The number of carbonyl (C=O) groups is 1. The second-order valence-electron chi connectivity index (χ2n) is 6.24. The van der Waals surface area contributed by atoms with Gasteiger partial charge in [0.15, 0.2) is 11.5 Å². The van der Waals surface area contributed by atoms with Crippen LogP contribution < -0.4 is 19.1 Å². The van der Waals surface area contributed by atoms with Crippen molar-refractivity contribution in [2.45, 2.75) is 18.7 Å². The van der Waals surface area contributed by atoms with E-state index in [0.717, 1.165) is 5.56 Å². The molecule has 7 heteroatoms. The Bertz CT molecular complexity index is 856. The Morgan fingerprint density at radius 1 is 1.29 bits per heavy atom. The minimum atomic E-state index is -0.209. The van der Waals surface area contributed by atoms with Gasteiger partial charge in [0.05, 0.1) is 6.54 Å². The first-order valence-corrected chi connectivity index (χ1v) is 9.95. The maximum atomic E-state index is 12.5. The number of benzene rings is 2. The van der Waals surface area contributed by atoms with Crippen molar-refractivity contribution in [1.29, 1.82) is 0 Å². The van der Waals surface area contributed by atoms with Crippen LogP contribution in [0.3, 0.4) is 0 Å². The number of carbonyl (C=O) groups excluding carboxylic acids is 1. The molecule has 0 aromatic heterocycles. The molecule has 1 amide bonds. The molecular weight excluding hydrogens is 398 g/mol. The lowest BCUT2D eigenvalue weighted by Crippen LogP contribution is -2.31. The predicted octanol–water partition coefficient (Wildman–Crippen LogP) is 4.44. The maximum Gasteiger partial charge on any atom is 0.242 e. The summed E-state index contributed by atoms with van der Waals surface area (Å²) in [5.74, 6) is 1.66. The highest BCUT2D eigenvalue weighted by atomic mass is 35.5. The highest BCUT2D eigenvalue weighted by Gasteiger charge is 2.21. The van der Waals surface area contributed by atoms with E-state index in [1.54, 1.807) is 17.0 Å². The SMILES string of the molecule is CC(S)/C=C/COc1ccccc1CN(C(=O)CCl)c1ccc2c(c1)OCO2. The van der Waals surface area contributed by atoms with Crippen molar-refractivity contribution in [1.82, 2.24) is 0 Å². The molecule has 0 N–H and O–H groups in total. The average molecular weight is 420 g/mol. The van der Waals surface area contributed by atoms with Crippen molar-refractivity contribution in [3.63, 3.8) is 0 Å². The molecule has 0 radical (unpaired) electrons. The van der Waals surface area contributed by atoms with Crippen LogP contribution in [0.25, 0.3) is 0 Å². The van der Waals surface area contributed by atoms with Crippen LogP contribution in [0.4, 0.5) is 5.69 Å². The Kier molecular flexibility index (Phi) is 7.12. The molecule has 0 saturated heterocycles. The first kappa shape index (κ1) is 20.4. The standard InChI is InChI=1S/C21H22ClNO4S/c1-15(28)5-4-10-25-18-7-3-2-6-16(18)13-23(21(24)12-22)17-8-9-19-20(11-17)27-14-26-19/h2-9,11,15,28H,10,12-14H2,1H3/b5-4+. The molecule has 5 nitrogen and oxygen atoms in total. The molecule has 0 saturated carbocycles. The molecule has 3 rings (SSSR count). The summed E-state index contributed by atoms with van der Waals surface area (Å²) in [5, 5.41) is 0.168. The number of alkyl halides is 1. The van der Waals surface area contributed by atoms with E-state index in [0.29, 0.717) is 36.1 Å². The third kappa shape index (κ3) is 5.14. The number of para-hydroxylation sites is 1. The van der Waals surface area contributed by atoms with Crippen LogP contribution in [-0.4, -0.2) is 30.4 Å². The molecule has 0 bridgehead atoms. The van der Waals surface area contributed by atoms with Crippen molar-refractivity contribution < 1.29 is 19.0 Å². The van der Waals surface area contributed by atoms with Gasteiger partial charge in [-0.05, 0) is 18.2 Å². The van der Waals surface area contributed by atoms with Crippen molar-refractivity contribution in [3.05, 3.63) is 60.2 Å². The highest BCUT2D eigenvalue weighted by Crippen LogP contribution is 2.36. The lowest BCUT2D eigenvalue weighted by molar-refractivity contribution is -0.116. The van der Waals surface area contributed by atoms with Crippen LogP contribution in [0.2, 0.25) is 0 Å². The summed E-state index contributed by atoms with van der Waals surface area (Å²) in [6.45, 7) is 2.91. The molecule has 28 heavy (non-hydrogen) atoms. The van der Waals surface area contributed by atoms with Crippen molar-refractivity contribution in [2.24, 2.45) is 0 Å². The lowest BCUT2D eigenvalue weighted by Gasteiger charge is -2.23. The van der Waals surface area contributed by atoms with Gasteiger partial charge in [-0.2, -0.15) is 12.6 Å². The number of hydrogen-bond donors (Lipinski definition) is 1. The zero-order valence-corrected chi connectivity index (χ0v) is 17.2. The molecule has 0 fully saturated rings. The third-order valence-electron chi connectivity index (χ3n) is 4.13. The predicted molar refractivity (Wildman–Crippen MR) is 114 cm³/mol. The number of thiol groups is 1. The van der Waals surface area contributed by atoms with Gasteiger partial charge in [-0.25, -0.2) is 0 Å². The van der Waals surface area contributed by atoms with Gasteiger partial charge in [0.1, 0.15) is 18.2 Å². The normalized spacial score (nSPS) is 13.5. The van der Waals surface area contributed by atoms with E-state index >= 15 is 0 Å². The number of hydrogen-bond acceptors (Lipinski definition) is 5. The molecular formula is C21H22ClNO4S. The van der Waals surface area contributed by atoms with Gasteiger partial charge >= 0.3 is 0 Å². The summed E-state index contributed by atoms with van der Waals surface area (Å²) in [6, 6.07) is 13.0. The molecule has 0 aliphatic carbocycles. The first-order chi connectivity index (χ1) is 13.6. The number of fused-ring (bicyclic) bond motifs is 1. The zero-order chi connectivity index (χ0) is 19.9. The third-order valence-corrected chi connectivity index (χ3v) is 4.53. The van der Waals surface area contributed by atoms with Crippen LogP contribution in [-0.2, 0) is 11.3 Å². The second-order valence-corrected chi connectivity index (χ2v) is 7.32. The molecule has 148 valence electrons. The lowest BCUT2D eigenvalue weighted by atomic mass is 10.1. The molecule has 1 atom stereocenters. The van der Waals surface area contributed by atoms with Crippen LogP contribution in [0.5, 0.6) is 17.2 Å². The molecule has 2 aromatic carbocycles. The quantitative estimate of drug-likeness (QED) is 0.390. The molecule has 1 unspecified atom stereocenters. The number of ether oxygens (including phenoxy) is 3. The summed E-state index contributed by atoms with van der Waals surface area (Å²) in [5.41, 5.74) is 1.57. The average Bonchev–Trinajstić information content (AvgIpc) is 3.17. The minimum Gasteiger partial charge on any atom is -0.489 e. The van der Waals surface area contributed by atoms with Crippen molar-refractivity contribution in [3.8, 4) is 17.2 Å². The Morgan fingerprint density at radius 2 is 2.07 bits per heavy atom. The van der Waals surface area contributed by atoms with Crippen molar-refractivity contribution >= 4 is 35.8 Å². The summed E-state index contributed by atoms with van der Waals surface area (Å²) in [4.78, 5) is 14.1. The number of rotatable bonds is 8. The second kappa shape index (κ2) is 9.75. The molecule has 1 aliphatic rings. The fraction of sp³-hybridized carbons (Fsp3) is 0.286. The van der Waals surface area contributed by atoms with Gasteiger partial charge in [-0.1, -0.05) is 37.3 Å². The van der Waals surface area contributed by atoms with Crippen LogP contribution in [0, 0.1) is 0 Å². The van der Waals surface area contributed by atoms with Gasteiger partial charge in [-0.15, -0.1) is 11.6 Å². The van der Waals surface area contributed by atoms with Crippen molar-refractivity contribution in [2.75, 3.05) is 24.2 Å². The Morgan fingerprint density at radius 3 is 2.86 bits per heavy atom. The highest BCUT2D eigenvalue weighted by molar-refractivity contribution is 7.81. The monoisotopic (exact) mass is 419 g/mol. The van der Waals surface area contributed by atoms with E-state index in [2.05, 4.69) is 12.6 Å². The molecule has 2 aromatic rings. The maximum absolute atomic E-state index is 12.5. The fourth-order valence-corrected chi connectivity index (χ4v) is 3.05. The summed E-state index contributed by atoms with van der Waals surface area (Å²) < 4.78 is 16.7. The number of amides is 1. The summed E-state index contributed by atoms with van der Waals surface area (Å²) in [6.07, 6.45) is 3.88. The first-order valence-electron chi connectivity index (χ1n) is 8.90. The smallest absolute Gasteiger partial charge is 0.242 e. The summed E-state index contributed by atoms with van der Waals surface area (Å²) >= 11 is 10.2. The molecule has 1 heterocycles. The van der Waals surface area contributed by atoms with E-state index in [4.69, 9.17) is 25.8 Å². The Hall–Kier alpha value is -2.31. The number of nitrogens with zero attached hydrogens (tertiary/aromatic N) is 1. The Labute approximate surface area is 175 Å². The number of halogens is 1. The topological polar surface area (TPSA) is 48.0 Å². The van der Waals surface area contributed by atoms with Crippen LogP contribution >= 0.6 is 24.2 Å². The van der Waals surface area contributed by atoms with E-state index in [-0.39, 0.29) is 23.8 Å². The molecule has 0 spiro atoms. The van der Waals surface area contributed by atoms with Gasteiger partial charge in [0, 0.05) is 22.6 Å². The van der Waals surface area contributed by atoms with Crippen LogP contribution in [0.15, 0.2) is 54.6 Å². The largest absolute Gasteiger partial charge is 0.489 e. The van der Waals surface area contributed by atoms with Gasteiger partial charge in [0.25, 0.3) is 0 Å². The molecule has 1 aliphatic heterocycles. The van der Waals surface area contributed by atoms with Gasteiger partial charge in [0.2, 0.25) is 12.7 Å². The van der Waals surface area contributed by atoms with E-state index in [9.17, 15) is 4.79 Å². The van der Waals surface area contributed by atoms with Gasteiger partial charge in [-0.3, -0.25) is 4.79 Å². The van der Waals surface area contributed by atoms with E-state index in [1.165, 1.54) is 0 Å². The zero-order valence-electron chi connectivity index (χ0n) is 15.5. The number of anilines is 1. The Balaban J connectivity index is 1.81. The van der Waals surface area contributed by atoms with Crippen LogP contribution in [0.1, 0.15) is 12.5 Å². The fourth-order valence-electron chi connectivity index (χ4n) is 2.78.